The second-order valence-corrected chi connectivity index (χ2v) is 7.83. The van der Waals surface area contributed by atoms with Gasteiger partial charge < -0.3 is 9.84 Å². The summed E-state index contributed by atoms with van der Waals surface area (Å²) >= 11 is 0. The number of esters is 1. The molecule has 3 fully saturated rings. The lowest BCUT2D eigenvalue weighted by atomic mass is 9.49. The Morgan fingerprint density at radius 1 is 1.30 bits per heavy atom. The zero-order valence-electron chi connectivity index (χ0n) is 13.3. The van der Waals surface area contributed by atoms with Crippen molar-refractivity contribution >= 4 is 5.97 Å². The van der Waals surface area contributed by atoms with E-state index in [1.807, 2.05) is 13.8 Å². The topological polar surface area (TPSA) is 63.6 Å². The number of aliphatic hydroxyl groups excluding tert-OH is 1. The van der Waals surface area contributed by atoms with Crippen molar-refractivity contribution in [3.8, 4) is 0 Å². The molecule has 4 heteroatoms. The molecule has 1 spiro atoms. The third-order valence-corrected chi connectivity index (χ3v) is 7.07. The second kappa shape index (κ2) is 4.04. The molecule has 3 aliphatic carbocycles. The van der Waals surface area contributed by atoms with Crippen molar-refractivity contribution in [3.63, 3.8) is 0 Å². The Morgan fingerprint density at radius 3 is 2.87 bits per heavy atom. The summed E-state index contributed by atoms with van der Waals surface area (Å²) in [6.45, 7) is 3.98. The number of carbonyl (C=O) groups is 1. The molecule has 4 nitrogen and oxygen atoms in total. The van der Waals surface area contributed by atoms with Crippen LogP contribution in [0.5, 0.6) is 0 Å². The molecular weight excluding hydrogens is 292 g/mol. The maximum absolute atomic E-state index is 12.8. The van der Waals surface area contributed by atoms with Gasteiger partial charge in [-0.1, -0.05) is 6.92 Å². The summed E-state index contributed by atoms with van der Waals surface area (Å²) in [6.07, 6.45) is 1.21. The van der Waals surface area contributed by atoms with Crippen LogP contribution in [0.4, 0.5) is 0 Å². The van der Waals surface area contributed by atoms with Gasteiger partial charge >= 0.3 is 5.97 Å². The number of carbonyl (C=O) groups excluding carboxylic acids is 1. The highest BCUT2D eigenvalue weighted by Gasteiger charge is 2.70. The average molecular weight is 312 g/mol. The summed E-state index contributed by atoms with van der Waals surface area (Å²) < 4.78 is 5.67. The zero-order valence-corrected chi connectivity index (χ0v) is 13.3. The lowest BCUT2D eigenvalue weighted by Gasteiger charge is -2.59. The van der Waals surface area contributed by atoms with Crippen LogP contribution in [0.15, 0.2) is 16.9 Å². The molecule has 5 aliphatic rings. The first-order valence-corrected chi connectivity index (χ1v) is 8.51. The van der Waals surface area contributed by atoms with Crippen LogP contribution >= 0.6 is 0 Å². The van der Waals surface area contributed by atoms with Crippen molar-refractivity contribution in [1.82, 2.24) is 0 Å². The van der Waals surface area contributed by atoms with Gasteiger partial charge in [-0.05, 0) is 60.6 Å². The van der Waals surface area contributed by atoms with Crippen molar-refractivity contribution < 1.29 is 14.6 Å². The number of aliphatic hydroxyl groups is 1. The van der Waals surface area contributed by atoms with E-state index in [1.165, 1.54) is 11.1 Å². The molecule has 2 heterocycles. The van der Waals surface area contributed by atoms with Crippen molar-refractivity contribution in [2.24, 2.45) is 17.3 Å². The lowest BCUT2D eigenvalue weighted by molar-refractivity contribution is -0.236. The van der Waals surface area contributed by atoms with Crippen molar-refractivity contribution in [2.45, 2.75) is 51.2 Å². The lowest BCUT2D eigenvalue weighted by Crippen LogP contribution is -2.67. The summed E-state index contributed by atoms with van der Waals surface area (Å²) in [4.78, 5) is 24.9. The highest BCUT2D eigenvalue weighted by molar-refractivity contribution is 5.83. The predicted octanol–water partition coefficient (Wildman–Crippen LogP) is 1.48. The molecule has 1 aromatic rings. The first kappa shape index (κ1) is 13.7. The van der Waals surface area contributed by atoms with E-state index in [4.69, 9.17) is 4.74 Å². The molecule has 120 valence electrons. The Balaban J connectivity index is 1.85. The van der Waals surface area contributed by atoms with Crippen LogP contribution in [0.2, 0.25) is 0 Å². The Bertz CT molecular complexity index is 814. The first-order chi connectivity index (χ1) is 10.9. The molecule has 2 bridgehead atoms. The van der Waals surface area contributed by atoms with Gasteiger partial charge in [0, 0.05) is 17.8 Å². The van der Waals surface area contributed by atoms with E-state index in [0.717, 1.165) is 17.5 Å². The second-order valence-electron chi connectivity index (χ2n) is 7.83. The SMILES string of the molecule is Cc1cc(=O)cc2c3c1C[C@@H]1[C@H]4OC(=O)[C@](CC2)([C@H](C)[C@H]4O)[C@H]31. The van der Waals surface area contributed by atoms with Crippen LogP contribution in [0.3, 0.4) is 0 Å². The van der Waals surface area contributed by atoms with Crippen molar-refractivity contribution in [2.75, 3.05) is 0 Å². The highest BCUT2D eigenvalue weighted by atomic mass is 16.6. The Kier molecular flexibility index (Phi) is 2.41. The molecular formula is C19H20O4. The molecule has 0 radical (unpaired) electrons. The van der Waals surface area contributed by atoms with E-state index in [-0.39, 0.29) is 29.2 Å². The molecule has 2 saturated heterocycles. The molecule has 1 N–H and O–H groups in total. The fourth-order valence-corrected chi connectivity index (χ4v) is 6.03. The van der Waals surface area contributed by atoms with Crippen LogP contribution in [0, 0.1) is 24.2 Å². The van der Waals surface area contributed by atoms with Gasteiger partial charge in [-0.2, -0.15) is 0 Å². The molecule has 0 unspecified atom stereocenters. The fourth-order valence-electron chi connectivity index (χ4n) is 6.03. The van der Waals surface area contributed by atoms with Crippen LogP contribution in [0.25, 0.3) is 0 Å². The molecule has 1 aromatic carbocycles. The third-order valence-electron chi connectivity index (χ3n) is 7.07. The summed E-state index contributed by atoms with van der Waals surface area (Å²) in [6, 6.07) is 3.47. The minimum atomic E-state index is -0.610. The van der Waals surface area contributed by atoms with Crippen LogP contribution < -0.4 is 5.43 Å². The number of fused-ring (bicyclic) bond motifs is 2. The van der Waals surface area contributed by atoms with Crippen LogP contribution in [0.1, 0.15) is 41.5 Å². The van der Waals surface area contributed by atoms with E-state index in [1.54, 1.807) is 12.1 Å². The summed E-state index contributed by atoms with van der Waals surface area (Å²) in [5.74, 6) is 0.0405. The predicted molar refractivity (Wildman–Crippen MR) is 83.2 cm³/mol. The fraction of sp³-hybridized carbons (Fsp3) is 0.579. The number of ether oxygens (including phenoxy) is 1. The van der Waals surface area contributed by atoms with E-state index < -0.39 is 17.6 Å². The molecule has 2 aliphatic heterocycles. The quantitative estimate of drug-likeness (QED) is 0.737. The van der Waals surface area contributed by atoms with Gasteiger partial charge in [-0.25, -0.2) is 0 Å². The van der Waals surface area contributed by atoms with Crippen LogP contribution in [-0.2, 0) is 22.4 Å². The Morgan fingerprint density at radius 2 is 2.09 bits per heavy atom. The summed E-state index contributed by atoms with van der Waals surface area (Å²) in [5, 5.41) is 10.7. The van der Waals surface area contributed by atoms with E-state index in [9.17, 15) is 14.7 Å². The average Bonchev–Trinajstić information content (AvgIpc) is 2.86. The maximum Gasteiger partial charge on any atom is 0.313 e. The van der Waals surface area contributed by atoms with Gasteiger partial charge in [0.1, 0.15) is 6.10 Å². The molecule has 23 heavy (non-hydrogen) atoms. The monoisotopic (exact) mass is 312 g/mol. The first-order valence-electron chi connectivity index (χ1n) is 8.51. The molecule has 6 rings (SSSR count). The van der Waals surface area contributed by atoms with Gasteiger partial charge in [0.15, 0.2) is 5.43 Å². The smallest absolute Gasteiger partial charge is 0.313 e. The number of hydrogen-bond donors (Lipinski definition) is 1. The summed E-state index contributed by atoms with van der Waals surface area (Å²) in [5.41, 5.74) is 4.00. The van der Waals surface area contributed by atoms with Gasteiger partial charge in [-0.3, -0.25) is 9.59 Å². The van der Waals surface area contributed by atoms with Crippen molar-refractivity contribution in [1.29, 1.82) is 0 Å². The van der Waals surface area contributed by atoms with E-state index >= 15 is 0 Å². The minimum absolute atomic E-state index is 0.0519. The molecule has 6 atom stereocenters. The normalized spacial score (nSPS) is 42.4. The van der Waals surface area contributed by atoms with Gasteiger partial charge in [-0.15, -0.1) is 0 Å². The van der Waals surface area contributed by atoms with Gasteiger partial charge in [0.25, 0.3) is 0 Å². The number of rotatable bonds is 0. The minimum Gasteiger partial charge on any atom is -0.459 e. The largest absolute Gasteiger partial charge is 0.459 e. The van der Waals surface area contributed by atoms with Gasteiger partial charge in [0.05, 0.1) is 11.5 Å². The van der Waals surface area contributed by atoms with E-state index in [2.05, 4.69) is 0 Å². The zero-order chi connectivity index (χ0) is 16.1. The standard InChI is InChI=1S/C19H20O4/c1-8-5-11(20)6-10-3-4-19-9(2)16(21)17(23-18(19)22)13-7-12(8)14(10)15(13)19/h5-6,9,13,15-17,21H,3-4,7H2,1-2H3/t9-,13+,15+,16-,17-,19-/m1/s1. The van der Waals surface area contributed by atoms with Crippen molar-refractivity contribution in [3.05, 3.63) is 44.6 Å². The van der Waals surface area contributed by atoms with Crippen LogP contribution in [-0.4, -0.2) is 23.3 Å². The molecule has 0 aromatic heterocycles. The third kappa shape index (κ3) is 1.38. The Hall–Kier alpha value is -1.68. The summed E-state index contributed by atoms with van der Waals surface area (Å²) in [7, 11) is 0. The van der Waals surface area contributed by atoms with Gasteiger partial charge in [0.2, 0.25) is 0 Å². The maximum atomic E-state index is 12.8. The molecule has 1 saturated carbocycles. The highest BCUT2D eigenvalue weighted by Crippen LogP contribution is 2.66. The number of hydrogen-bond acceptors (Lipinski definition) is 4. The van der Waals surface area contributed by atoms with E-state index in [0.29, 0.717) is 12.8 Å². The molecule has 0 amide bonds. The Labute approximate surface area is 134 Å². The number of aryl methyl sites for hydroxylation is 2.